The van der Waals surface area contributed by atoms with Gasteiger partial charge in [-0.2, -0.15) is 0 Å². The van der Waals surface area contributed by atoms with E-state index in [4.69, 9.17) is 4.42 Å². The number of hydrogen-bond acceptors (Lipinski definition) is 4. The molecule has 0 radical (unpaired) electrons. The van der Waals surface area contributed by atoms with Crippen molar-refractivity contribution in [2.24, 2.45) is 11.8 Å². The summed E-state index contributed by atoms with van der Waals surface area (Å²) < 4.78 is 5.21. The van der Waals surface area contributed by atoms with Crippen LogP contribution in [-0.2, 0) is 20.9 Å². The highest BCUT2D eigenvalue weighted by Crippen LogP contribution is 2.21. The van der Waals surface area contributed by atoms with Gasteiger partial charge in [-0.05, 0) is 18.1 Å². The van der Waals surface area contributed by atoms with Gasteiger partial charge in [0.2, 0.25) is 11.8 Å². The van der Waals surface area contributed by atoms with Crippen LogP contribution in [-0.4, -0.2) is 40.4 Å². The van der Waals surface area contributed by atoms with Gasteiger partial charge in [-0.15, -0.1) is 0 Å². The monoisotopic (exact) mass is 322 g/mol. The number of carboxylic acids is 1. The molecule has 2 heterocycles. The highest BCUT2D eigenvalue weighted by atomic mass is 16.4. The number of aliphatic carboxylic acids is 1. The summed E-state index contributed by atoms with van der Waals surface area (Å²) in [6.07, 6.45) is 2.27. The maximum atomic E-state index is 12.3. The molecule has 3 unspecified atom stereocenters. The molecule has 1 saturated heterocycles. The fraction of sp³-hybridized carbons (Fsp3) is 0.562. The van der Waals surface area contributed by atoms with E-state index in [1.54, 1.807) is 24.0 Å². The highest BCUT2D eigenvalue weighted by molar-refractivity contribution is 5.91. The van der Waals surface area contributed by atoms with Crippen molar-refractivity contribution in [3.63, 3.8) is 0 Å². The first-order chi connectivity index (χ1) is 10.9. The van der Waals surface area contributed by atoms with Gasteiger partial charge in [-0.3, -0.25) is 9.59 Å². The molecule has 23 heavy (non-hydrogen) atoms. The second-order valence-corrected chi connectivity index (χ2v) is 5.96. The maximum absolute atomic E-state index is 12.3. The summed E-state index contributed by atoms with van der Waals surface area (Å²) in [4.78, 5) is 37.2. The van der Waals surface area contributed by atoms with Crippen molar-refractivity contribution in [3.05, 3.63) is 24.2 Å². The third kappa shape index (κ3) is 4.12. The normalized spacial score (nSPS) is 20.3. The maximum Gasteiger partial charge on any atom is 0.326 e. The molecule has 7 nitrogen and oxygen atoms in total. The molecule has 2 N–H and O–H groups in total. The zero-order valence-electron chi connectivity index (χ0n) is 13.3. The fourth-order valence-corrected chi connectivity index (χ4v) is 2.65. The molecule has 3 atom stereocenters. The molecular weight excluding hydrogens is 300 g/mol. The number of hydrogen-bond donors (Lipinski definition) is 2. The standard InChI is InChI=1S/C16H22N2O5/c1-3-10(2)14(16(21)22)17-15(20)11-7-13(19)18(8-11)9-12-5-4-6-23-12/h4-6,10-11,14H,3,7-9H2,1-2H3,(H,17,20)(H,21,22). The molecule has 0 bridgehead atoms. The Morgan fingerprint density at radius 2 is 2.26 bits per heavy atom. The summed E-state index contributed by atoms with van der Waals surface area (Å²) in [5, 5.41) is 11.8. The molecule has 0 aromatic carbocycles. The number of furan rings is 1. The van der Waals surface area contributed by atoms with Crippen LogP contribution in [0.3, 0.4) is 0 Å². The van der Waals surface area contributed by atoms with Crippen molar-refractivity contribution in [1.82, 2.24) is 10.2 Å². The molecule has 1 aromatic rings. The lowest BCUT2D eigenvalue weighted by atomic mass is 9.98. The average molecular weight is 322 g/mol. The lowest BCUT2D eigenvalue weighted by Crippen LogP contribution is -2.47. The Morgan fingerprint density at radius 3 is 2.83 bits per heavy atom. The molecule has 0 spiro atoms. The molecule has 1 aliphatic heterocycles. The van der Waals surface area contributed by atoms with Gasteiger partial charge in [0.25, 0.3) is 0 Å². The van der Waals surface area contributed by atoms with Crippen molar-refractivity contribution in [2.75, 3.05) is 6.54 Å². The number of rotatable bonds is 7. The SMILES string of the molecule is CCC(C)C(NC(=O)C1CC(=O)N(Cc2ccco2)C1)C(=O)O. The van der Waals surface area contributed by atoms with Gasteiger partial charge in [0.1, 0.15) is 11.8 Å². The van der Waals surface area contributed by atoms with Gasteiger partial charge in [-0.1, -0.05) is 20.3 Å². The number of carbonyl (C=O) groups is 3. The number of carbonyl (C=O) groups excluding carboxylic acids is 2. The summed E-state index contributed by atoms with van der Waals surface area (Å²) in [7, 11) is 0. The minimum Gasteiger partial charge on any atom is -0.480 e. The molecule has 2 amide bonds. The Morgan fingerprint density at radius 1 is 1.52 bits per heavy atom. The van der Waals surface area contributed by atoms with Crippen LogP contribution >= 0.6 is 0 Å². The van der Waals surface area contributed by atoms with Crippen LogP contribution in [0.2, 0.25) is 0 Å². The van der Waals surface area contributed by atoms with Crippen LogP contribution in [0.25, 0.3) is 0 Å². The Labute approximate surface area is 134 Å². The first kappa shape index (κ1) is 17.1. The van der Waals surface area contributed by atoms with Crippen LogP contribution in [0.5, 0.6) is 0 Å². The van der Waals surface area contributed by atoms with Crippen molar-refractivity contribution in [1.29, 1.82) is 0 Å². The topological polar surface area (TPSA) is 99.9 Å². The zero-order chi connectivity index (χ0) is 17.0. The van der Waals surface area contributed by atoms with E-state index in [9.17, 15) is 19.5 Å². The molecule has 0 aliphatic carbocycles. The summed E-state index contributed by atoms with van der Waals surface area (Å²) in [5.41, 5.74) is 0. The van der Waals surface area contributed by atoms with E-state index in [0.29, 0.717) is 18.7 Å². The summed E-state index contributed by atoms with van der Waals surface area (Å²) in [5.74, 6) is -1.60. The predicted molar refractivity (Wildman–Crippen MR) is 81.3 cm³/mol. The van der Waals surface area contributed by atoms with E-state index >= 15 is 0 Å². The van der Waals surface area contributed by atoms with Crippen LogP contribution in [0.1, 0.15) is 32.4 Å². The molecule has 126 valence electrons. The van der Waals surface area contributed by atoms with E-state index in [0.717, 1.165) is 0 Å². The Balaban J connectivity index is 1.95. The molecule has 7 heteroatoms. The fourth-order valence-electron chi connectivity index (χ4n) is 2.65. The summed E-state index contributed by atoms with van der Waals surface area (Å²) in [6.45, 7) is 4.25. The van der Waals surface area contributed by atoms with Crippen molar-refractivity contribution in [2.45, 2.75) is 39.3 Å². The van der Waals surface area contributed by atoms with Crippen LogP contribution in [0.15, 0.2) is 22.8 Å². The summed E-state index contributed by atoms with van der Waals surface area (Å²) in [6, 6.07) is 2.58. The van der Waals surface area contributed by atoms with E-state index in [1.165, 1.54) is 6.26 Å². The van der Waals surface area contributed by atoms with Crippen LogP contribution in [0, 0.1) is 11.8 Å². The van der Waals surface area contributed by atoms with Gasteiger partial charge in [0.05, 0.1) is 18.7 Å². The Hall–Kier alpha value is -2.31. The Kier molecular flexibility index (Phi) is 5.41. The van der Waals surface area contributed by atoms with E-state index in [2.05, 4.69) is 5.32 Å². The van der Waals surface area contributed by atoms with Crippen LogP contribution < -0.4 is 5.32 Å². The predicted octanol–water partition coefficient (Wildman–Crippen LogP) is 1.24. The minimum atomic E-state index is -1.05. The summed E-state index contributed by atoms with van der Waals surface area (Å²) >= 11 is 0. The second kappa shape index (κ2) is 7.30. The van der Waals surface area contributed by atoms with Gasteiger partial charge < -0.3 is 19.7 Å². The van der Waals surface area contributed by atoms with E-state index in [-0.39, 0.29) is 30.7 Å². The zero-order valence-corrected chi connectivity index (χ0v) is 13.3. The largest absolute Gasteiger partial charge is 0.480 e. The molecular formula is C16H22N2O5. The van der Waals surface area contributed by atoms with Gasteiger partial charge in [0.15, 0.2) is 0 Å². The van der Waals surface area contributed by atoms with E-state index < -0.39 is 17.9 Å². The quantitative estimate of drug-likeness (QED) is 0.787. The molecule has 0 saturated carbocycles. The Bertz CT molecular complexity index is 569. The van der Waals surface area contributed by atoms with Crippen LogP contribution in [0.4, 0.5) is 0 Å². The first-order valence-electron chi connectivity index (χ1n) is 7.75. The third-order valence-electron chi connectivity index (χ3n) is 4.29. The third-order valence-corrected chi connectivity index (χ3v) is 4.29. The van der Waals surface area contributed by atoms with Gasteiger partial charge in [-0.25, -0.2) is 4.79 Å². The first-order valence-corrected chi connectivity index (χ1v) is 7.75. The van der Waals surface area contributed by atoms with Crippen molar-refractivity contribution < 1.29 is 23.9 Å². The lowest BCUT2D eigenvalue weighted by Gasteiger charge is -2.22. The van der Waals surface area contributed by atoms with Gasteiger partial charge in [0, 0.05) is 13.0 Å². The van der Waals surface area contributed by atoms with Gasteiger partial charge >= 0.3 is 5.97 Å². The smallest absolute Gasteiger partial charge is 0.326 e. The van der Waals surface area contributed by atoms with Crippen molar-refractivity contribution in [3.8, 4) is 0 Å². The molecule has 2 rings (SSSR count). The average Bonchev–Trinajstić information content (AvgIpc) is 3.14. The molecule has 1 aliphatic rings. The molecule has 1 fully saturated rings. The number of likely N-dealkylation sites (tertiary alicyclic amines) is 1. The number of carboxylic acid groups (broad SMARTS) is 1. The highest BCUT2D eigenvalue weighted by Gasteiger charge is 2.36. The minimum absolute atomic E-state index is 0.0966. The lowest BCUT2D eigenvalue weighted by molar-refractivity contribution is -0.143. The number of nitrogens with zero attached hydrogens (tertiary/aromatic N) is 1. The second-order valence-electron chi connectivity index (χ2n) is 5.96. The van der Waals surface area contributed by atoms with E-state index in [1.807, 2.05) is 6.92 Å². The van der Waals surface area contributed by atoms with Crippen molar-refractivity contribution >= 4 is 17.8 Å². The number of nitrogens with one attached hydrogen (secondary N) is 1. The number of amides is 2. The molecule has 1 aromatic heterocycles.